The Morgan fingerprint density at radius 3 is 2.31 bits per heavy atom. The van der Waals surface area contributed by atoms with Gasteiger partial charge in [0.1, 0.15) is 10.7 Å². The van der Waals surface area contributed by atoms with Crippen molar-refractivity contribution in [2.45, 2.75) is 39.7 Å². The molecule has 3 rings (SSSR count). The molecular weight excluding hydrogens is 344 g/mol. The maximum Gasteiger partial charge on any atom is 0.264 e. The van der Waals surface area contributed by atoms with Crippen LogP contribution in [0.25, 0.3) is 4.91 Å². The maximum atomic E-state index is 12.6. The summed E-state index contributed by atoms with van der Waals surface area (Å²) in [5, 5.41) is 0. The number of rotatable bonds is 5. The molecule has 0 saturated carbocycles. The average Bonchev–Trinajstić information content (AvgIpc) is 2.83. The van der Waals surface area contributed by atoms with Crippen molar-refractivity contribution in [3.8, 4) is 0 Å². The van der Waals surface area contributed by atoms with E-state index in [2.05, 4.69) is 21.8 Å². The number of nitrogens with zero attached hydrogens (tertiary/aromatic N) is 1. The molecule has 1 aliphatic rings. The number of benzene rings is 2. The summed E-state index contributed by atoms with van der Waals surface area (Å²) in [7, 11) is -3.57. The van der Waals surface area contributed by atoms with Gasteiger partial charge in [-0.3, -0.25) is 9.71 Å². The van der Waals surface area contributed by atoms with Gasteiger partial charge < -0.3 is 0 Å². The van der Waals surface area contributed by atoms with Crippen LogP contribution in [0.2, 0.25) is 0 Å². The van der Waals surface area contributed by atoms with Crippen LogP contribution >= 0.6 is 0 Å². The fourth-order valence-corrected chi connectivity index (χ4v) is 4.58. The van der Waals surface area contributed by atoms with Gasteiger partial charge in [0.25, 0.3) is 10.0 Å². The number of amidine groups is 1. The molecule has 0 spiro atoms. The molecule has 2 aromatic rings. The van der Waals surface area contributed by atoms with E-state index in [0.717, 1.165) is 18.4 Å². The second-order valence-corrected chi connectivity index (χ2v) is 8.40. The Morgan fingerprint density at radius 1 is 1.00 bits per heavy atom. The van der Waals surface area contributed by atoms with Crippen LogP contribution in [-0.4, -0.2) is 20.3 Å². The molecule has 136 valence electrons. The number of hydrogen-bond acceptors (Lipinski definition) is 3. The number of aryl methyl sites for hydroxylation is 2. The molecule has 0 fully saturated rings. The van der Waals surface area contributed by atoms with Crippen LogP contribution in [-0.2, 0) is 16.4 Å². The first-order chi connectivity index (χ1) is 12.4. The third-order valence-electron chi connectivity index (χ3n) is 4.55. The summed E-state index contributed by atoms with van der Waals surface area (Å²) in [4.78, 5) is 4.95. The number of aliphatic imine (C=N–C) groups is 1. The monoisotopic (exact) mass is 368 g/mol. The molecule has 0 bridgehead atoms. The molecule has 0 aromatic heterocycles. The van der Waals surface area contributed by atoms with Crippen molar-refractivity contribution in [1.82, 2.24) is 4.72 Å². The Bertz CT molecular complexity index is 943. The van der Waals surface area contributed by atoms with E-state index in [1.807, 2.05) is 63.2 Å². The van der Waals surface area contributed by atoms with Gasteiger partial charge >= 0.3 is 0 Å². The average molecular weight is 369 g/mol. The molecule has 0 unspecified atom stereocenters. The van der Waals surface area contributed by atoms with Crippen molar-refractivity contribution in [1.29, 1.82) is 0 Å². The molecule has 1 atom stereocenters. The first-order valence-corrected chi connectivity index (χ1v) is 10.3. The Balaban J connectivity index is 1.81. The minimum atomic E-state index is -3.57. The van der Waals surface area contributed by atoms with Gasteiger partial charge in [-0.05, 0) is 44.7 Å². The van der Waals surface area contributed by atoms with Gasteiger partial charge in [-0.2, -0.15) is 0 Å². The molecule has 4 nitrogen and oxygen atoms in total. The number of sulfonamides is 1. The Labute approximate surface area is 155 Å². The summed E-state index contributed by atoms with van der Waals surface area (Å²) >= 11 is 0. The van der Waals surface area contributed by atoms with Crippen molar-refractivity contribution in [3.63, 3.8) is 0 Å². The number of nitrogens with one attached hydrogen (secondary N) is 1. The highest BCUT2D eigenvalue weighted by Crippen LogP contribution is 2.30. The summed E-state index contributed by atoms with van der Waals surface area (Å²) in [6, 6.07) is 17.8. The van der Waals surface area contributed by atoms with E-state index in [9.17, 15) is 8.42 Å². The Hall–Kier alpha value is -2.40. The Kier molecular flexibility index (Phi) is 5.28. The largest absolute Gasteiger partial charge is 0.264 e. The van der Waals surface area contributed by atoms with Crippen LogP contribution < -0.4 is 4.72 Å². The van der Waals surface area contributed by atoms with Crippen molar-refractivity contribution in [3.05, 3.63) is 76.9 Å². The molecule has 0 aliphatic carbocycles. The van der Waals surface area contributed by atoms with Crippen molar-refractivity contribution < 1.29 is 8.42 Å². The molecule has 1 aliphatic heterocycles. The standard InChI is InChI=1S/C21H24N2O2S/c1-15-9-13-19(14-10-15)20-17(3)21(23-26(20,24)25)22-16(2)11-12-18-7-5-4-6-8-18/h4-10,13-14,16H,11-12H2,1-3H3,(H,22,23)/t16-/m1/s1. The lowest BCUT2D eigenvalue weighted by Crippen LogP contribution is -2.25. The first-order valence-electron chi connectivity index (χ1n) is 8.79. The highest BCUT2D eigenvalue weighted by Gasteiger charge is 2.32. The van der Waals surface area contributed by atoms with Crippen LogP contribution in [0.3, 0.4) is 0 Å². The zero-order valence-corrected chi connectivity index (χ0v) is 16.2. The Morgan fingerprint density at radius 2 is 1.65 bits per heavy atom. The van der Waals surface area contributed by atoms with Gasteiger partial charge in [0, 0.05) is 11.6 Å². The van der Waals surface area contributed by atoms with E-state index >= 15 is 0 Å². The summed E-state index contributed by atoms with van der Waals surface area (Å²) in [6.07, 6.45) is 1.78. The normalized spacial score (nSPS) is 18.8. The third-order valence-corrected chi connectivity index (χ3v) is 6.09. The van der Waals surface area contributed by atoms with E-state index in [4.69, 9.17) is 0 Å². The minimum absolute atomic E-state index is 0.0280. The zero-order chi connectivity index (χ0) is 18.7. The van der Waals surface area contributed by atoms with Crippen LogP contribution in [0, 0.1) is 6.92 Å². The fraction of sp³-hybridized carbons (Fsp3) is 0.286. The van der Waals surface area contributed by atoms with E-state index < -0.39 is 10.0 Å². The van der Waals surface area contributed by atoms with E-state index in [0.29, 0.717) is 21.9 Å². The highest BCUT2D eigenvalue weighted by atomic mass is 32.2. The van der Waals surface area contributed by atoms with Gasteiger partial charge in [-0.1, -0.05) is 60.2 Å². The molecule has 1 heterocycles. The summed E-state index contributed by atoms with van der Waals surface area (Å²) in [5.74, 6) is 0.459. The van der Waals surface area contributed by atoms with E-state index in [1.165, 1.54) is 5.56 Å². The molecule has 0 radical (unpaired) electrons. The quantitative estimate of drug-likeness (QED) is 0.864. The SMILES string of the molecule is CC1=C(c2ccc(C)cc2)S(=O)(=O)NC1=N[C@H](C)CCc1ccccc1. The molecule has 0 amide bonds. The summed E-state index contributed by atoms with van der Waals surface area (Å²) in [6.45, 7) is 5.81. The van der Waals surface area contributed by atoms with E-state index in [-0.39, 0.29) is 6.04 Å². The van der Waals surface area contributed by atoms with Gasteiger partial charge in [-0.15, -0.1) is 0 Å². The molecule has 2 aromatic carbocycles. The summed E-state index contributed by atoms with van der Waals surface area (Å²) < 4.78 is 27.8. The van der Waals surface area contributed by atoms with Gasteiger partial charge in [0.05, 0.1) is 0 Å². The predicted molar refractivity (Wildman–Crippen MR) is 107 cm³/mol. The maximum absolute atomic E-state index is 12.6. The zero-order valence-electron chi connectivity index (χ0n) is 15.4. The lowest BCUT2D eigenvalue weighted by molar-refractivity contribution is 0.603. The van der Waals surface area contributed by atoms with Crippen LogP contribution in [0.1, 0.15) is 37.0 Å². The molecular formula is C21H24N2O2S. The van der Waals surface area contributed by atoms with Crippen molar-refractivity contribution >= 4 is 20.8 Å². The molecule has 5 heteroatoms. The number of hydrogen-bond donors (Lipinski definition) is 1. The van der Waals surface area contributed by atoms with Crippen LogP contribution in [0.4, 0.5) is 0 Å². The van der Waals surface area contributed by atoms with Gasteiger partial charge in [0.15, 0.2) is 0 Å². The van der Waals surface area contributed by atoms with Gasteiger partial charge in [0.2, 0.25) is 0 Å². The predicted octanol–water partition coefficient (Wildman–Crippen LogP) is 4.08. The van der Waals surface area contributed by atoms with Crippen molar-refractivity contribution in [2.24, 2.45) is 4.99 Å². The second kappa shape index (κ2) is 7.46. The molecule has 0 saturated heterocycles. The topological polar surface area (TPSA) is 58.5 Å². The lowest BCUT2D eigenvalue weighted by Gasteiger charge is -2.08. The highest BCUT2D eigenvalue weighted by molar-refractivity contribution is 8.00. The minimum Gasteiger partial charge on any atom is -0.264 e. The third kappa shape index (κ3) is 4.05. The second-order valence-electron chi connectivity index (χ2n) is 6.78. The van der Waals surface area contributed by atoms with Crippen molar-refractivity contribution in [2.75, 3.05) is 0 Å². The first kappa shape index (κ1) is 18.4. The smallest absolute Gasteiger partial charge is 0.264 e. The van der Waals surface area contributed by atoms with E-state index in [1.54, 1.807) is 0 Å². The summed E-state index contributed by atoms with van der Waals surface area (Å²) in [5.41, 5.74) is 3.74. The molecule has 26 heavy (non-hydrogen) atoms. The van der Waals surface area contributed by atoms with Gasteiger partial charge in [-0.25, -0.2) is 8.42 Å². The van der Waals surface area contributed by atoms with Crippen LogP contribution in [0.5, 0.6) is 0 Å². The van der Waals surface area contributed by atoms with Crippen LogP contribution in [0.15, 0.2) is 65.2 Å². The lowest BCUT2D eigenvalue weighted by atomic mass is 10.1. The fourth-order valence-electron chi connectivity index (χ4n) is 3.07. The molecule has 1 N–H and O–H groups in total.